The van der Waals surface area contributed by atoms with E-state index in [2.05, 4.69) is 18.3 Å². The first-order valence-electron chi connectivity index (χ1n) is 7.92. The third kappa shape index (κ3) is 3.16. The van der Waals surface area contributed by atoms with Gasteiger partial charge in [0.15, 0.2) is 0 Å². The van der Waals surface area contributed by atoms with E-state index in [9.17, 15) is 10.1 Å². The molecule has 4 heteroatoms. The quantitative estimate of drug-likeness (QED) is 0.876. The monoisotopic (exact) mass is 324 g/mol. The third-order valence-electron chi connectivity index (χ3n) is 4.33. The molecule has 1 aromatic carbocycles. The molecule has 2 aromatic rings. The van der Waals surface area contributed by atoms with Gasteiger partial charge in [0.25, 0.3) is 5.91 Å². The summed E-state index contributed by atoms with van der Waals surface area (Å²) in [5, 5.41) is 13.2. The van der Waals surface area contributed by atoms with Gasteiger partial charge >= 0.3 is 0 Å². The summed E-state index contributed by atoms with van der Waals surface area (Å²) in [6, 6.07) is 8.10. The van der Waals surface area contributed by atoms with Gasteiger partial charge in [-0.2, -0.15) is 5.26 Å². The van der Waals surface area contributed by atoms with Gasteiger partial charge in [-0.15, -0.1) is 11.3 Å². The Morgan fingerprint density at radius 2 is 2.00 bits per heavy atom. The van der Waals surface area contributed by atoms with Crippen LogP contribution in [0.5, 0.6) is 0 Å². The maximum absolute atomic E-state index is 12.5. The number of nitrogens with zero attached hydrogens (tertiary/aromatic N) is 1. The van der Waals surface area contributed by atoms with E-state index in [1.165, 1.54) is 4.88 Å². The Morgan fingerprint density at radius 1 is 1.30 bits per heavy atom. The summed E-state index contributed by atoms with van der Waals surface area (Å²) in [6.45, 7) is 6.20. The zero-order valence-corrected chi connectivity index (χ0v) is 14.5. The van der Waals surface area contributed by atoms with Gasteiger partial charge in [0, 0.05) is 10.4 Å². The van der Waals surface area contributed by atoms with Crippen LogP contribution in [-0.2, 0) is 12.8 Å². The Labute approximate surface area is 141 Å². The molecule has 0 unspecified atom stereocenters. The summed E-state index contributed by atoms with van der Waals surface area (Å²) in [5.41, 5.74) is 4.58. The van der Waals surface area contributed by atoms with Crippen LogP contribution < -0.4 is 5.32 Å². The van der Waals surface area contributed by atoms with E-state index in [0.29, 0.717) is 22.0 Å². The zero-order valence-electron chi connectivity index (χ0n) is 13.7. The predicted molar refractivity (Wildman–Crippen MR) is 94.1 cm³/mol. The van der Waals surface area contributed by atoms with Crippen molar-refractivity contribution in [3.8, 4) is 6.07 Å². The second-order valence-electron chi connectivity index (χ2n) is 6.50. The van der Waals surface area contributed by atoms with E-state index in [4.69, 9.17) is 0 Å². The van der Waals surface area contributed by atoms with Crippen LogP contribution in [0.25, 0.3) is 0 Å². The lowest BCUT2D eigenvalue weighted by Gasteiger charge is -2.17. The number of hydrogen-bond donors (Lipinski definition) is 1. The summed E-state index contributed by atoms with van der Waals surface area (Å²) < 4.78 is 0. The molecule has 0 bridgehead atoms. The number of anilines is 1. The van der Waals surface area contributed by atoms with Crippen LogP contribution >= 0.6 is 11.3 Å². The Hall–Kier alpha value is -2.12. The summed E-state index contributed by atoms with van der Waals surface area (Å²) in [6.07, 6.45) is 3.06. The zero-order chi connectivity index (χ0) is 16.6. The number of amides is 1. The van der Waals surface area contributed by atoms with Gasteiger partial charge in [-0.3, -0.25) is 4.79 Å². The van der Waals surface area contributed by atoms with Crippen molar-refractivity contribution < 1.29 is 4.79 Å². The fourth-order valence-corrected chi connectivity index (χ4v) is 4.59. The molecule has 0 radical (unpaired) electrons. The van der Waals surface area contributed by atoms with Crippen molar-refractivity contribution in [2.24, 2.45) is 5.92 Å². The number of benzene rings is 1. The first kappa shape index (κ1) is 15.8. The predicted octanol–water partition coefficient (Wildman–Crippen LogP) is 4.61. The molecule has 3 nitrogen and oxygen atoms in total. The summed E-state index contributed by atoms with van der Waals surface area (Å²) in [5.74, 6) is 0.510. The van der Waals surface area contributed by atoms with Crippen molar-refractivity contribution in [3.05, 3.63) is 50.9 Å². The molecule has 3 rings (SSSR count). The maximum atomic E-state index is 12.5. The summed E-state index contributed by atoms with van der Waals surface area (Å²) in [4.78, 5) is 13.8. The normalized spacial score (nSPS) is 16.5. The SMILES string of the molecule is Cc1cc(C)cc(C(=O)Nc2sc3c(c2C#N)CC[C@H](C)C3)c1. The molecular weight excluding hydrogens is 304 g/mol. The lowest BCUT2D eigenvalue weighted by atomic mass is 9.88. The molecule has 1 heterocycles. The molecule has 1 amide bonds. The summed E-state index contributed by atoms with van der Waals surface area (Å²) >= 11 is 1.57. The Balaban J connectivity index is 1.91. The number of nitrogens with one attached hydrogen (secondary N) is 1. The van der Waals surface area contributed by atoms with Crippen molar-refractivity contribution in [1.29, 1.82) is 5.26 Å². The second-order valence-corrected chi connectivity index (χ2v) is 7.60. The maximum Gasteiger partial charge on any atom is 0.256 e. The van der Waals surface area contributed by atoms with Crippen LogP contribution in [0.3, 0.4) is 0 Å². The highest BCUT2D eigenvalue weighted by Crippen LogP contribution is 2.39. The van der Waals surface area contributed by atoms with Crippen LogP contribution in [0.4, 0.5) is 5.00 Å². The minimum atomic E-state index is -0.139. The molecular formula is C19H20N2OS. The first-order valence-corrected chi connectivity index (χ1v) is 8.74. The molecule has 1 aliphatic carbocycles. The number of nitriles is 1. The molecule has 1 atom stereocenters. The highest BCUT2D eigenvalue weighted by Gasteiger charge is 2.24. The van der Waals surface area contributed by atoms with Gasteiger partial charge in [-0.05, 0) is 56.7 Å². The fourth-order valence-electron chi connectivity index (χ4n) is 3.24. The molecule has 0 spiro atoms. The van der Waals surface area contributed by atoms with Gasteiger partial charge in [-0.25, -0.2) is 0 Å². The number of hydrogen-bond acceptors (Lipinski definition) is 3. The minimum Gasteiger partial charge on any atom is -0.312 e. The molecule has 0 fully saturated rings. The van der Waals surface area contributed by atoms with Gasteiger partial charge < -0.3 is 5.32 Å². The van der Waals surface area contributed by atoms with Crippen LogP contribution in [-0.4, -0.2) is 5.91 Å². The van der Waals surface area contributed by atoms with E-state index in [0.717, 1.165) is 36.0 Å². The first-order chi connectivity index (χ1) is 11.0. The van der Waals surface area contributed by atoms with E-state index < -0.39 is 0 Å². The molecule has 0 saturated carbocycles. The van der Waals surface area contributed by atoms with Crippen LogP contribution in [0, 0.1) is 31.1 Å². The highest BCUT2D eigenvalue weighted by atomic mass is 32.1. The molecule has 0 aliphatic heterocycles. The number of fused-ring (bicyclic) bond motifs is 1. The van der Waals surface area contributed by atoms with Gasteiger partial charge in [0.2, 0.25) is 0 Å². The smallest absolute Gasteiger partial charge is 0.256 e. The fraction of sp³-hybridized carbons (Fsp3) is 0.368. The average Bonchev–Trinajstić information content (AvgIpc) is 2.82. The Morgan fingerprint density at radius 3 is 2.65 bits per heavy atom. The number of rotatable bonds is 2. The van der Waals surface area contributed by atoms with E-state index in [1.807, 2.05) is 32.0 Å². The van der Waals surface area contributed by atoms with Gasteiger partial charge in [-0.1, -0.05) is 24.1 Å². The number of carbonyl (C=O) groups is 1. The van der Waals surface area contributed by atoms with Gasteiger partial charge in [0.05, 0.1) is 5.56 Å². The Bertz CT molecular complexity index is 793. The lowest BCUT2D eigenvalue weighted by Crippen LogP contribution is -2.12. The van der Waals surface area contributed by atoms with Crippen molar-refractivity contribution >= 4 is 22.2 Å². The number of carbonyl (C=O) groups excluding carboxylic acids is 1. The molecule has 23 heavy (non-hydrogen) atoms. The average molecular weight is 324 g/mol. The molecule has 1 N–H and O–H groups in total. The van der Waals surface area contributed by atoms with Crippen molar-refractivity contribution in [3.63, 3.8) is 0 Å². The summed E-state index contributed by atoms with van der Waals surface area (Å²) in [7, 11) is 0. The van der Waals surface area contributed by atoms with Crippen LogP contribution in [0.15, 0.2) is 18.2 Å². The van der Waals surface area contributed by atoms with Crippen molar-refractivity contribution in [2.75, 3.05) is 5.32 Å². The van der Waals surface area contributed by atoms with Gasteiger partial charge in [0.1, 0.15) is 11.1 Å². The third-order valence-corrected chi connectivity index (χ3v) is 5.50. The number of aryl methyl sites for hydroxylation is 2. The van der Waals surface area contributed by atoms with Crippen molar-refractivity contribution in [1.82, 2.24) is 0 Å². The molecule has 118 valence electrons. The largest absolute Gasteiger partial charge is 0.312 e. The number of thiophene rings is 1. The van der Waals surface area contributed by atoms with Crippen LogP contribution in [0.2, 0.25) is 0 Å². The standard InChI is InChI=1S/C19H20N2OS/c1-11-4-5-15-16(10-20)19(23-17(15)9-11)21-18(22)14-7-12(2)6-13(3)8-14/h6-8,11H,4-5,9H2,1-3H3,(H,21,22)/t11-/m0/s1. The molecule has 1 aliphatic rings. The second kappa shape index (κ2) is 6.17. The highest BCUT2D eigenvalue weighted by molar-refractivity contribution is 7.16. The molecule has 1 aromatic heterocycles. The van der Waals surface area contributed by atoms with Crippen molar-refractivity contribution in [2.45, 2.75) is 40.0 Å². The lowest BCUT2D eigenvalue weighted by molar-refractivity contribution is 0.102. The minimum absolute atomic E-state index is 0.139. The van der Waals surface area contributed by atoms with E-state index in [-0.39, 0.29) is 5.91 Å². The topological polar surface area (TPSA) is 52.9 Å². The van der Waals surface area contributed by atoms with E-state index in [1.54, 1.807) is 11.3 Å². The van der Waals surface area contributed by atoms with E-state index >= 15 is 0 Å². The molecule has 0 saturated heterocycles. The Kier molecular flexibility index (Phi) is 4.23. The van der Waals surface area contributed by atoms with Crippen LogP contribution in [0.1, 0.15) is 50.8 Å².